The van der Waals surface area contributed by atoms with Crippen molar-refractivity contribution in [1.29, 1.82) is 0 Å². The summed E-state index contributed by atoms with van der Waals surface area (Å²) in [6.07, 6.45) is 1.83. The van der Waals surface area contributed by atoms with Crippen LogP contribution in [0.2, 0.25) is 0 Å². The van der Waals surface area contributed by atoms with E-state index in [2.05, 4.69) is 29.2 Å². The van der Waals surface area contributed by atoms with Crippen LogP contribution < -0.4 is 4.90 Å². The highest BCUT2D eigenvalue weighted by molar-refractivity contribution is 6.07. The molecule has 0 unspecified atom stereocenters. The number of carbonyl (C=O) groups excluding carboxylic acids is 1. The molecule has 202 valence electrons. The van der Waals surface area contributed by atoms with E-state index in [1.165, 1.54) is 0 Å². The largest absolute Gasteiger partial charge is 0.381 e. The summed E-state index contributed by atoms with van der Waals surface area (Å²) >= 11 is 0. The predicted molar refractivity (Wildman–Crippen MR) is 156 cm³/mol. The van der Waals surface area contributed by atoms with Crippen LogP contribution in [0.4, 0.5) is 5.82 Å². The van der Waals surface area contributed by atoms with Gasteiger partial charge in [0, 0.05) is 50.9 Å². The molecule has 3 aromatic carbocycles. The lowest BCUT2D eigenvalue weighted by atomic mass is 9.99. The van der Waals surface area contributed by atoms with Crippen molar-refractivity contribution in [3.8, 4) is 5.69 Å². The van der Waals surface area contributed by atoms with Gasteiger partial charge in [-0.3, -0.25) is 4.79 Å². The monoisotopic (exact) mass is 532 g/mol. The van der Waals surface area contributed by atoms with Crippen molar-refractivity contribution < 1.29 is 9.53 Å². The van der Waals surface area contributed by atoms with Crippen LogP contribution in [0, 0.1) is 6.92 Å². The van der Waals surface area contributed by atoms with Crippen LogP contribution in [-0.2, 0) is 4.74 Å². The summed E-state index contributed by atoms with van der Waals surface area (Å²) in [5.74, 6) is 2.12. The topological polar surface area (TPSA) is 76.4 Å². The molecule has 0 bridgehead atoms. The van der Waals surface area contributed by atoms with Crippen LogP contribution in [0.5, 0.6) is 0 Å². The lowest BCUT2D eigenvalue weighted by molar-refractivity contribution is 0.0748. The number of hydrogen-bond acceptors (Lipinski definition) is 6. The Bertz CT molecular complexity index is 1680. The average Bonchev–Trinajstić information content (AvgIpc) is 3.37. The van der Waals surface area contributed by atoms with E-state index in [-0.39, 0.29) is 11.8 Å². The summed E-state index contributed by atoms with van der Waals surface area (Å²) in [5.41, 5.74) is 3.48. The van der Waals surface area contributed by atoms with E-state index in [0.717, 1.165) is 76.4 Å². The number of amides is 1. The summed E-state index contributed by atoms with van der Waals surface area (Å²) < 4.78 is 7.57. The standard InChI is InChI=1S/C32H32N6O2/c1-22-28-30(36-16-18-37(19-17-36)32(39)27-13-7-9-23-8-5-6-12-26(23)27)33-29(24-14-20-40-21-15-24)34-31(28)38(35-22)25-10-3-2-4-11-25/h2-13,24H,14-21H2,1H3. The predicted octanol–water partition coefficient (Wildman–Crippen LogP) is 5.13. The fourth-order valence-electron chi connectivity index (χ4n) is 6.00. The first-order valence-corrected chi connectivity index (χ1v) is 14.1. The van der Waals surface area contributed by atoms with E-state index in [1.807, 2.05) is 65.0 Å². The summed E-state index contributed by atoms with van der Waals surface area (Å²) in [4.78, 5) is 28.2. The Morgan fingerprint density at radius 3 is 2.38 bits per heavy atom. The van der Waals surface area contributed by atoms with Gasteiger partial charge in [-0.15, -0.1) is 0 Å². The minimum absolute atomic E-state index is 0.0836. The molecule has 2 aromatic heterocycles. The first-order valence-electron chi connectivity index (χ1n) is 14.1. The van der Waals surface area contributed by atoms with Gasteiger partial charge in [0.15, 0.2) is 5.65 Å². The quantitative estimate of drug-likeness (QED) is 0.319. The zero-order valence-corrected chi connectivity index (χ0v) is 22.7. The Morgan fingerprint density at radius 1 is 0.850 bits per heavy atom. The second-order valence-corrected chi connectivity index (χ2v) is 10.6. The number of carbonyl (C=O) groups is 1. The highest BCUT2D eigenvalue weighted by Crippen LogP contribution is 2.33. The van der Waals surface area contributed by atoms with Gasteiger partial charge in [0.1, 0.15) is 11.6 Å². The molecule has 1 amide bonds. The number of nitrogens with zero attached hydrogens (tertiary/aromatic N) is 6. The van der Waals surface area contributed by atoms with Crippen LogP contribution in [-0.4, -0.2) is 69.9 Å². The van der Waals surface area contributed by atoms with E-state index in [9.17, 15) is 4.79 Å². The highest BCUT2D eigenvalue weighted by atomic mass is 16.5. The van der Waals surface area contributed by atoms with Crippen LogP contribution in [0.1, 0.15) is 40.6 Å². The molecule has 8 heteroatoms. The fraction of sp³-hybridized carbons (Fsp3) is 0.312. The van der Waals surface area contributed by atoms with Gasteiger partial charge in [0.05, 0.1) is 16.8 Å². The molecule has 2 fully saturated rings. The zero-order valence-electron chi connectivity index (χ0n) is 22.7. The van der Waals surface area contributed by atoms with E-state index in [1.54, 1.807) is 0 Å². The number of piperazine rings is 1. The van der Waals surface area contributed by atoms with Crippen LogP contribution in [0.25, 0.3) is 27.5 Å². The number of aryl methyl sites for hydroxylation is 1. The molecule has 4 heterocycles. The van der Waals surface area contributed by atoms with Gasteiger partial charge >= 0.3 is 0 Å². The smallest absolute Gasteiger partial charge is 0.254 e. The Labute approximate surface area is 233 Å². The maximum atomic E-state index is 13.6. The molecule has 0 saturated carbocycles. The molecular weight excluding hydrogens is 500 g/mol. The minimum atomic E-state index is 0.0836. The van der Waals surface area contributed by atoms with Crippen LogP contribution in [0.3, 0.4) is 0 Å². The third kappa shape index (κ3) is 4.38. The second kappa shape index (κ2) is 10.4. The lowest BCUT2D eigenvalue weighted by Gasteiger charge is -2.36. The van der Waals surface area contributed by atoms with E-state index in [0.29, 0.717) is 26.2 Å². The van der Waals surface area contributed by atoms with Crippen LogP contribution >= 0.6 is 0 Å². The number of anilines is 1. The van der Waals surface area contributed by atoms with Crippen molar-refractivity contribution >= 4 is 33.5 Å². The van der Waals surface area contributed by atoms with Gasteiger partial charge in [-0.05, 0) is 48.7 Å². The Kier molecular flexibility index (Phi) is 6.40. The maximum Gasteiger partial charge on any atom is 0.254 e. The van der Waals surface area contributed by atoms with E-state index < -0.39 is 0 Å². The van der Waals surface area contributed by atoms with Crippen LogP contribution in [0.15, 0.2) is 72.8 Å². The first kappa shape index (κ1) is 24.7. The molecule has 2 aliphatic heterocycles. The molecule has 0 aliphatic carbocycles. The van der Waals surface area contributed by atoms with E-state index >= 15 is 0 Å². The highest BCUT2D eigenvalue weighted by Gasteiger charge is 2.29. The van der Waals surface area contributed by atoms with Gasteiger partial charge in [0.25, 0.3) is 5.91 Å². The molecule has 0 spiro atoms. The minimum Gasteiger partial charge on any atom is -0.381 e. The number of hydrogen-bond donors (Lipinski definition) is 0. The molecular formula is C32H32N6O2. The zero-order chi connectivity index (χ0) is 27.1. The number of ether oxygens (including phenoxy) is 1. The number of aromatic nitrogens is 4. The van der Waals surface area contributed by atoms with Crippen molar-refractivity contribution in [1.82, 2.24) is 24.6 Å². The second-order valence-electron chi connectivity index (χ2n) is 10.6. The SMILES string of the molecule is Cc1nn(-c2ccccc2)c2nc(C3CCOCC3)nc(N3CCN(C(=O)c4cccc5ccccc45)CC3)c12. The van der Waals surface area contributed by atoms with E-state index in [4.69, 9.17) is 19.8 Å². The fourth-order valence-corrected chi connectivity index (χ4v) is 6.00. The average molecular weight is 533 g/mol. The third-order valence-corrected chi connectivity index (χ3v) is 8.17. The lowest BCUT2D eigenvalue weighted by Crippen LogP contribution is -2.49. The van der Waals surface area contributed by atoms with Crippen molar-refractivity contribution in [3.05, 3.63) is 89.9 Å². The molecule has 8 nitrogen and oxygen atoms in total. The molecule has 0 N–H and O–H groups in total. The molecule has 2 saturated heterocycles. The van der Waals surface area contributed by atoms with Gasteiger partial charge in [-0.2, -0.15) is 5.10 Å². The maximum absolute atomic E-state index is 13.6. The summed E-state index contributed by atoms with van der Waals surface area (Å²) in [6, 6.07) is 24.2. The third-order valence-electron chi connectivity index (χ3n) is 8.17. The number of rotatable bonds is 4. The number of fused-ring (bicyclic) bond motifs is 2. The van der Waals surface area contributed by atoms with Crippen molar-refractivity contribution in [2.24, 2.45) is 0 Å². The summed E-state index contributed by atoms with van der Waals surface area (Å²) in [7, 11) is 0. The Balaban J connectivity index is 1.23. The van der Waals surface area contributed by atoms with Crippen molar-refractivity contribution in [2.75, 3.05) is 44.3 Å². The van der Waals surface area contributed by atoms with Gasteiger partial charge < -0.3 is 14.5 Å². The molecule has 2 aliphatic rings. The molecule has 7 rings (SSSR count). The Morgan fingerprint density at radius 2 is 1.57 bits per heavy atom. The molecule has 40 heavy (non-hydrogen) atoms. The summed E-state index contributed by atoms with van der Waals surface area (Å²) in [6.45, 7) is 6.15. The van der Waals surface area contributed by atoms with Gasteiger partial charge in [-0.1, -0.05) is 54.6 Å². The van der Waals surface area contributed by atoms with Crippen molar-refractivity contribution in [2.45, 2.75) is 25.7 Å². The Hall–Kier alpha value is -4.30. The molecule has 0 atom stereocenters. The summed E-state index contributed by atoms with van der Waals surface area (Å²) in [5, 5.41) is 7.98. The van der Waals surface area contributed by atoms with Crippen molar-refractivity contribution in [3.63, 3.8) is 0 Å². The molecule has 5 aromatic rings. The number of benzene rings is 3. The normalized spacial score (nSPS) is 16.6. The van der Waals surface area contributed by atoms with Gasteiger partial charge in [-0.25, -0.2) is 14.6 Å². The number of para-hydroxylation sites is 1. The van der Waals surface area contributed by atoms with Gasteiger partial charge in [0.2, 0.25) is 0 Å². The first-order chi connectivity index (χ1) is 19.7. The molecule has 0 radical (unpaired) electrons.